The Labute approximate surface area is 414 Å². The van der Waals surface area contributed by atoms with Crippen molar-refractivity contribution in [1.29, 1.82) is 0 Å². The van der Waals surface area contributed by atoms with Crippen molar-refractivity contribution in [2.75, 3.05) is 54.1 Å². The number of nitrogens with zero attached hydrogens (tertiary/aromatic N) is 1. The number of ether oxygens (including phenoxy) is 2. The largest absolute Gasteiger partial charge is 0.756 e. The monoisotopic (exact) mass is 960 g/mol. The Kier molecular flexibility index (Phi) is 48.8. The van der Waals surface area contributed by atoms with Gasteiger partial charge in [-0.15, -0.1) is 0 Å². The quantitative estimate of drug-likeness (QED) is 0.0197. The van der Waals surface area contributed by atoms with Crippen molar-refractivity contribution < 1.29 is 37.3 Å². The molecular formula is C58H106NO7P. The van der Waals surface area contributed by atoms with Gasteiger partial charge in [-0.25, -0.2) is 0 Å². The van der Waals surface area contributed by atoms with E-state index in [1.807, 2.05) is 21.1 Å². The average molecular weight is 960 g/mol. The normalized spacial score (nSPS) is 14.1. The Bertz CT molecular complexity index is 1300. The molecular weight excluding hydrogens is 854 g/mol. The van der Waals surface area contributed by atoms with Gasteiger partial charge in [0.2, 0.25) is 0 Å². The number of phosphoric acid groups is 1. The Morgan fingerprint density at radius 3 is 1.27 bits per heavy atom. The summed E-state index contributed by atoms with van der Waals surface area (Å²) in [4.78, 5) is 25.2. The van der Waals surface area contributed by atoms with Crippen LogP contribution in [0.4, 0.5) is 0 Å². The maximum Gasteiger partial charge on any atom is 0.306 e. The van der Waals surface area contributed by atoms with Crippen LogP contribution in [-0.2, 0) is 27.9 Å². The number of quaternary nitrogens is 1. The summed E-state index contributed by atoms with van der Waals surface area (Å²) in [6, 6.07) is 0. The molecule has 0 fully saturated rings. The molecule has 390 valence electrons. The molecule has 0 aliphatic carbocycles. The third-order valence-electron chi connectivity index (χ3n) is 11.8. The second-order valence-electron chi connectivity index (χ2n) is 19.6. The highest BCUT2D eigenvalue weighted by atomic mass is 31.2. The molecule has 2 atom stereocenters. The highest BCUT2D eigenvalue weighted by Gasteiger charge is 2.20. The minimum Gasteiger partial charge on any atom is -0.756 e. The summed E-state index contributed by atoms with van der Waals surface area (Å²) in [5.74, 6) is -0.374. The number of rotatable bonds is 51. The first kappa shape index (κ1) is 64.9. The Morgan fingerprint density at radius 2 is 0.866 bits per heavy atom. The van der Waals surface area contributed by atoms with E-state index in [2.05, 4.69) is 86.8 Å². The Balaban J connectivity index is 4.16. The molecule has 0 saturated heterocycles. The van der Waals surface area contributed by atoms with Crippen LogP contribution in [0.1, 0.15) is 232 Å². The first-order valence-electron chi connectivity index (χ1n) is 27.7. The molecule has 0 aromatic rings. The van der Waals surface area contributed by atoms with Crippen molar-refractivity contribution in [3.8, 4) is 0 Å². The molecule has 0 heterocycles. The molecule has 0 saturated carbocycles. The van der Waals surface area contributed by atoms with E-state index < -0.39 is 13.9 Å². The van der Waals surface area contributed by atoms with Crippen LogP contribution in [0.2, 0.25) is 0 Å². The van der Waals surface area contributed by atoms with Crippen molar-refractivity contribution in [3.63, 3.8) is 0 Å². The molecule has 0 bridgehead atoms. The van der Waals surface area contributed by atoms with E-state index in [4.69, 9.17) is 18.5 Å². The zero-order chi connectivity index (χ0) is 49.0. The lowest BCUT2D eigenvalue weighted by Crippen LogP contribution is -2.37. The minimum atomic E-state index is -4.55. The van der Waals surface area contributed by atoms with Gasteiger partial charge in [0.25, 0.3) is 7.82 Å². The first-order valence-corrected chi connectivity index (χ1v) is 29.1. The number of allylic oxidation sites excluding steroid dienone is 12. The first-order chi connectivity index (χ1) is 32.6. The fourth-order valence-corrected chi connectivity index (χ4v) is 8.28. The van der Waals surface area contributed by atoms with Crippen LogP contribution in [-0.4, -0.2) is 70.7 Å². The fourth-order valence-electron chi connectivity index (χ4n) is 7.55. The summed E-state index contributed by atoms with van der Waals surface area (Å²) in [6.07, 6.45) is 66.6. The predicted molar refractivity (Wildman–Crippen MR) is 286 cm³/mol. The second-order valence-corrected chi connectivity index (χ2v) is 21.0. The summed E-state index contributed by atoms with van der Waals surface area (Å²) >= 11 is 0. The smallest absolute Gasteiger partial charge is 0.306 e. The third-order valence-corrected chi connectivity index (χ3v) is 12.7. The van der Waals surface area contributed by atoms with Gasteiger partial charge in [0.15, 0.2) is 0 Å². The molecule has 0 radical (unpaired) electrons. The molecule has 8 nitrogen and oxygen atoms in total. The van der Waals surface area contributed by atoms with Gasteiger partial charge >= 0.3 is 5.97 Å². The zero-order valence-corrected chi connectivity index (χ0v) is 45.2. The molecule has 2 unspecified atom stereocenters. The number of carbonyl (C=O) groups is 1. The third kappa shape index (κ3) is 54.7. The van der Waals surface area contributed by atoms with E-state index in [0.29, 0.717) is 24.1 Å². The van der Waals surface area contributed by atoms with Gasteiger partial charge in [-0.3, -0.25) is 9.36 Å². The molecule has 0 spiro atoms. The molecule has 0 aliphatic heterocycles. The van der Waals surface area contributed by atoms with Gasteiger partial charge in [-0.2, -0.15) is 0 Å². The molecule has 0 amide bonds. The fraction of sp³-hybridized carbons (Fsp3) is 0.776. The highest BCUT2D eigenvalue weighted by Crippen LogP contribution is 2.38. The van der Waals surface area contributed by atoms with E-state index in [1.54, 1.807) is 0 Å². The van der Waals surface area contributed by atoms with Crippen LogP contribution < -0.4 is 4.89 Å². The lowest BCUT2D eigenvalue weighted by atomic mass is 10.0. The van der Waals surface area contributed by atoms with Crippen LogP contribution in [0.3, 0.4) is 0 Å². The maximum atomic E-state index is 12.8. The van der Waals surface area contributed by atoms with Crippen LogP contribution >= 0.6 is 7.82 Å². The van der Waals surface area contributed by atoms with Crippen molar-refractivity contribution in [1.82, 2.24) is 0 Å². The van der Waals surface area contributed by atoms with Gasteiger partial charge in [-0.1, -0.05) is 234 Å². The van der Waals surface area contributed by atoms with Crippen LogP contribution in [0.5, 0.6) is 0 Å². The van der Waals surface area contributed by atoms with Crippen LogP contribution in [0.15, 0.2) is 72.9 Å². The Hall–Kier alpha value is -2.06. The number of likely N-dealkylation sites (N-methyl/N-ethyl adjacent to an activating group) is 1. The lowest BCUT2D eigenvalue weighted by molar-refractivity contribution is -0.870. The van der Waals surface area contributed by atoms with Crippen molar-refractivity contribution in [2.24, 2.45) is 0 Å². The lowest BCUT2D eigenvalue weighted by Gasteiger charge is -2.28. The summed E-state index contributed by atoms with van der Waals surface area (Å²) in [5, 5.41) is 0. The maximum absolute atomic E-state index is 12.8. The molecule has 0 aromatic heterocycles. The Morgan fingerprint density at radius 1 is 0.478 bits per heavy atom. The molecule has 0 aromatic carbocycles. The van der Waals surface area contributed by atoms with E-state index in [0.717, 1.165) is 64.2 Å². The SMILES string of the molecule is CC/C=C\C/C=C\C/C=C\C/C=C\C/C=C\C/C=C\CCCCC(=O)OC(COCCCCCCCCCCCCCCCCCCCCCCCCCC)COP(=O)([O-])OCC[N+](C)(C)C. The van der Waals surface area contributed by atoms with Crippen LogP contribution in [0.25, 0.3) is 0 Å². The van der Waals surface area contributed by atoms with Crippen molar-refractivity contribution >= 4 is 13.8 Å². The van der Waals surface area contributed by atoms with Gasteiger partial charge in [0.1, 0.15) is 19.3 Å². The second kappa shape index (κ2) is 50.3. The summed E-state index contributed by atoms with van der Waals surface area (Å²) in [7, 11) is 1.33. The molecule has 0 N–H and O–H groups in total. The molecule has 0 aliphatic rings. The number of hydrogen-bond donors (Lipinski definition) is 0. The summed E-state index contributed by atoms with van der Waals surface area (Å²) in [6.45, 7) is 5.27. The zero-order valence-electron chi connectivity index (χ0n) is 44.3. The average Bonchev–Trinajstić information content (AvgIpc) is 3.29. The van der Waals surface area contributed by atoms with Crippen LogP contribution in [0, 0.1) is 0 Å². The minimum absolute atomic E-state index is 0.0154. The van der Waals surface area contributed by atoms with Gasteiger partial charge in [0, 0.05) is 13.0 Å². The standard InChI is InChI=1S/C58H106NO7P/c1-6-8-10-12-14-16-18-20-22-24-26-28-29-30-32-34-36-38-40-42-44-46-48-50-53-63-55-57(56-65-67(61,62)64-54-52-59(3,4)5)66-58(60)51-49-47-45-43-41-39-37-35-33-31-27-25-23-21-19-17-15-13-11-9-7-2/h9,11,15,17,21,23,27,31,35,37,41,43,57H,6-8,10,12-14,16,18-20,22,24-26,28-30,32-34,36,38-40,42,44-56H2,1-5H3/b11-9-,17-15-,23-21-,31-27-,37-35-,43-41-. The summed E-state index contributed by atoms with van der Waals surface area (Å²) < 4.78 is 34.8. The van der Waals surface area contributed by atoms with Gasteiger partial charge in [0.05, 0.1) is 34.4 Å². The van der Waals surface area contributed by atoms with E-state index >= 15 is 0 Å². The van der Waals surface area contributed by atoms with E-state index in [9.17, 15) is 14.3 Å². The molecule has 9 heteroatoms. The topological polar surface area (TPSA) is 94.1 Å². The molecule has 0 rings (SSSR count). The number of phosphoric ester groups is 1. The van der Waals surface area contributed by atoms with Crippen molar-refractivity contribution in [2.45, 2.75) is 238 Å². The van der Waals surface area contributed by atoms with Crippen molar-refractivity contribution in [3.05, 3.63) is 72.9 Å². The predicted octanol–water partition coefficient (Wildman–Crippen LogP) is 16.8. The number of hydrogen-bond acceptors (Lipinski definition) is 7. The summed E-state index contributed by atoms with van der Waals surface area (Å²) in [5.41, 5.74) is 0. The van der Waals surface area contributed by atoms with Gasteiger partial charge < -0.3 is 27.9 Å². The van der Waals surface area contributed by atoms with Gasteiger partial charge in [-0.05, 0) is 64.2 Å². The number of unbranched alkanes of at least 4 members (excludes halogenated alkanes) is 25. The number of esters is 1. The highest BCUT2D eigenvalue weighted by molar-refractivity contribution is 7.45. The van der Waals surface area contributed by atoms with E-state index in [1.165, 1.54) is 141 Å². The molecule has 67 heavy (non-hydrogen) atoms. The number of carbonyl (C=O) groups excluding carboxylic acids is 1. The van der Waals surface area contributed by atoms with E-state index in [-0.39, 0.29) is 32.2 Å².